The van der Waals surface area contributed by atoms with Crippen molar-refractivity contribution in [2.45, 2.75) is 44.8 Å². The van der Waals surface area contributed by atoms with Crippen molar-refractivity contribution in [1.29, 1.82) is 0 Å². The smallest absolute Gasteiger partial charge is 0.245 e. The van der Waals surface area contributed by atoms with Gasteiger partial charge in [-0.15, -0.1) is 0 Å². The average Bonchev–Trinajstić information content (AvgIpc) is 3.14. The minimum absolute atomic E-state index is 0.146. The van der Waals surface area contributed by atoms with Gasteiger partial charge in [0.2, 0.25) is 5.91 Å². The van der Waals surface area contributed by atoms with E-state index in [4.69, 9.17) is 11.6 Å². The quantitative estimate of drug-likeness (QED) is 0.850. The molecule has 1 atom stereocenters. The van der Waals surface area contributed by atoms with Crippen molar-refractivity contribution >= 4 is 17.5 Å². The van der Waals surface area contributed by atoms with Gasteiger partial charge in [0, 0.05) is 30.5 Å². The SMILES string of the molecule is CC(C)CC(C(=O)N1CCC(O)(c2ccc(Cl)cc2)CC1)n1cccc1. The molecule has 1 aliphatic rings. The molecule has 5 heteroatoms. The highest BCUT2D eigenvalue weighted by molar-refractivity contribution is 6.30. The zero-order valence-electron chi connectivity index (χ0n) is 15.4. The molecule has 1 amide bonds. The van der Waals surface area contributed by atoms with Crippen molar-refractivity contribution < 1.29 is 9.90 Å². The summed E-state index contributed by atoms with van der Waals surface area (Å²) >= 11 is 5.95. The highest BCUT2D eigenvalue weighted by atomic mass is 35.5. The summed E-state index contributed by atoms with van der Waals surface area (Å²) in [6.07, 6.45) is 5.81. The van der Waals surface area contributed by atoms with Gasteiger partial charge in [-0.3, -0.25) is 4.79 Å². The van der Waals surface area contributed by atoms with Crippen LogP contribution in [-0.2, 0) is 10.4 Å². The Bertz CT molecular complexity index is 717. The summed E-state index contributed by atoms with van der Waals surface area (Å²) in [5.41, 5.74) is -0.0133. The monoisotopic (exact) mass is 374 g/mol. The largest absolute Gasteiger partial charge is 0.385 e. The lowest BCUT2D eigenvalue weighted by molar-refractivity contribution is -0.139. The topological polar surface area (TPSA) is 45.5 Å². The first-order valence-electron chi connectivity index (χ1n) is 9.29. The lowest BCUT2D eigenvalue weighted by Crippen LogP contribution is -2.47. The fourth-order valence-corrected chi connectivity index (χ4v) is 3.83. The van der Waals surface area contributed by atoms with Crippen LogP contribution in [0.1, 0.15) is 44.7 Å². The molecule has 1 unspecified atom stereocenters. The molecule has 2 aromatic rings. The van der Waals surface area contributed by atoms with Crippen molar-refractivity contribution in [1.82, 2.24) is 9.47 Å². The van der Waals surface area contributed by atoms with Gasteiger partial charge in [-0.05, 0) is 55.0 Å². The first-order valence-corrected chi connectivity index (χ1v) is 9.66. The predicted molar refractivity (Wildman–Crippen MR) is 104 cm³/mol. The minimum atomic E-state index is -0.887. The number of hydrogen-bond acceptors (Lipinski definition) is 2. The number of hydrogen-bond donors (Lipinski definition) is 1. The molecule has 1 aromatic carbocycles. The number of nitrogens with zero attached hydrogens (tertiary/aromatic N) is 2. The molecule has 4 nitrogen and oxygen atoms in total. The Morgan fingerprint density at radius 3 is 2.27 bits per heavy atom. The molecule has 0 radical (unpaired) electrons. The van der Waals surface area contributed by atoms with Gasteiger partial charge in [-0.2, -0.15) is 0 Å². The van der Waals surface area contributed by atoms with E-state index in [0.717, 1.165) is 12.0 Å². The highest BCUT2D eigenvalue weighted by Crippen LogP contribution is 2.34. The molecule has 1 N–H and O–H groups in total. The van der Waals surface area contributed by atoms with Crippen LogP contribution < -0.4 is 0 Å². The van der Waals surface area contributed by atoms with Gasteiger partial charge in [-0.1, -0.05) is 37.6 Å². The molecule has 26 heavy (non-hydrogen) atoms. The zero-order valence-corrected chi connectivity index (χ0v) is 16.2. The summed E-state index contributed by atoms with van der Waals surface area (Å²) in [4.78, 5) is 15.0. The number of amides is 1. The van der Waals surface area contributed by atoms with Gasteiger partial charge in [0.05, 0.1) is 5.60 Å². The van der Waals surface area contributed by atoms with Crippen molar-refractivity contribution in [3.63, 3.8) is 0 Å². The van der Waals surface area contributed by atoms with Crippen LogP contribution in [0.2, 0.25) is 5.02 Å². The van der Waals surface area contributed by atoms with Gasteiger partial charge < -0.3 is 14.6 Å². The summed E-state index contributed by atoms with van der Waals surface area (Å²) in [7, 11) is 0. The Morgan fingerprint density at radius 1 is 1.15 bits per heavy atom. The second-order valence-corrected chi connectivity index (χ2v) is 8.08. The lowest BCUT2D eigenvalue weighted by Gasteiger charge is -2.40. The normalized spacial score (nSPS) is 18.1. The van der Waals surface area contributed by atoms with Crippen molar-refractivity contribution in [3.05, 3.63) is 59.4 Å². The Kier molecular flexibility index (Phi) is 5.73. The maximum atomic E-state index is 13.1. The lowest BCUT2D eigenvalue weighted by atomic mass is 9.84. The molecule has 140 valence electrons. The number of aromatic nitrogens is 1. The van der Waals surface area contributed by atoms with E-state index in [-0.39, 0.29) is 11.9 Å². The molecular weight excluding hydrogens is 348 g/mol. The molecule has 1 aliphatic heterocycles. The van der Waals surface area contributed by atoms with E-state index < -0.39 is 5.60 Å². The summed E-state index contributed by atoms with van der Waals surface area (Å²) in [5.74, 6) is 0.579. The number of halogens is 1. The molecule has 1 fully saturated rings. The van der Waals surface area contributed by atoms with Gasteiger partial charge in [0.1, 0.15) is 6.04 Å². The van der Waals surface area contributed by atoms with Crippen LogP contribution in [0, 0.1) is 5.92 Å². The van der Waals surface area contributed by atoms with Gasteiger partial charge >= 0.3 is 0 Å². The van der Waals surface area contributed by atoms with Gasteiger partial charge in [-0.25, -0.2) is 0 Å². The molecule has 2 heterocycles. The molecule has 0 bridgehead atoms. The molecular formula is C21H27ClN2O2. The third-order valence-electron chi connectivity index (χ3n) is 5.25. The fourth-order valence-electron chi connectivity index (χ4n) is 3.71. The zero-order chi connectivity index (χ0) is 18.7. The first kappa shape index (κ1) is 19.0. The number of piperidine rings is 1. The van der Waals surface area contributed by atoms with E-state index in [1.165, 1.54) is 0 Å². The molecule has 3 rings (SSSR count). The van der Waals surface area contributed by atoms with Crippen molar-refractivity contribution in [2.75, 3.05) is 13.1 Å². The van der Waals surface area contributed by atoms with Crippen LogP contribution in [0.4, 0.5) is 0 Å². The standard InChI is InChI=1S/C21H27ClN2O2/c1-16(2)15-19(23-11-3-4-12-23)20(25)24-13-9-21(26,10-14-24)17-5-7-18(22)8-6-17/h3-8,11-12,16,19,26H,9-10,13-15H2,1-2H3. The van der Waals surface area contributed by atoms with E-state index in [2.05, 4.69) is 13.8 Å². The third kappa shape index (κ3) is 4.13. The Labute approximate surface area is 160 Å². The summed E-state index contributed by atoms with van der Waals surface area (Å²) < 4.78 is 2.00. The van der Waals surface area contributed by atoms with Crippen LogP contribution in [0.15, 0.2) is 48.8 Å². The van der Waals surface area contributed by atoms with E-state index in [1.54, 1.807) is 12.1 Å². The molecule has 0 saturated carbocycles. The van der Waals surface area contributed by atoms with E-state index in [1.807, 2.05) is 46.1 Å². The summed E-state index contributed by atoms with van der Waals surface area (Å²) in [6.45, 7) is 5.40. The Morgan fingerprint density at radius 2 is 1.73 bits per heavy atom. The highest BCUT2D eigenvalue weighted by Gasteiger charge is 2.37. The number of likely N-dealkylation sites (tertiary alicyclic amines) is 1. The van der Waals surface area contributed by atoms with E-state index in [9.17, 15) is 9.90 Å². The second-order valence-electron chi connectivity index (χ2n) is 7.64. The second kappa shape index (κ2) is 7.85. The number of aliphatic hydroxyl groups is 1. The molecule has 1 saturated heterocycles. The Balaban J connectivity index is 1.69. The number of benzene rings is 1. The number of carbonyl (C=O) groups is 1. The molecule has 0 spiro atoms. The fraction of sp³-hybridized carbons (Fsp3) is 0.476. The maximum Gasteiger partial charge on any atom is 0.245 e. The van der Waals surface area contributed by atoms with E-state index in [0.29, 0.717) is 36.9 Å². The van der Waals surface area contributed by atoms with Gasteiger partial charge in [0.25, 0.3) is 0 Å². The van der Waals surface area contributed by atoms with Crippen LogP contribution in [-0.4, -0.2) is 33.6 Å². The summed E-state index contributed by atoms with van der Waals surface area (Å²) in [6, 6.07) is 11.1. The Hall–Kier alpha value is -1.78. The van der Waals surface area contributed by atoms with Crippen LogP contribution >= 0.6 is 11.6 Å². The van der Waals surface area contributed by atoms with Crippen LogP contribution in [0.25, 0.3) is 0 Å². The predicted octanol–water partition coefficient (Wildman–Crippen LogP) is 4.24. The van der Waals surface area contributed by atoms with E-state index >= 15 is 0 Å². The summed E-state index contributed by atoms with van der Waals surface area (Å²) in [5, 5.41) is 11.7. The number of carbonyl (C=O) groups excluding carboxylic acids is 1. The third-order valence-corrected chi connectivity index (χ3v) is 5.50. The molecule has 1 aromatic heterocycles. The first-order chi connectivity index (χ1) is 12.4. The number of rotatable bonds is 5. The average molecular weight is 375 g/mol. The van der Waals surface area contributed by atoms with Crippen LogP contribution in [0.5, 0.6) is 0 Å². The maximum absolute atomic E-state index is 13.1. The van der Waals surface area contributed by atoms with Crippen LogP contribution in [0.3, 0.4) is 0 Å². The van der Waals surface area contributed by atoms with Crippen molar-refractivity contribution in [3.8, 4) is 0 Å². The van der Waals surface area contributed by atoms with Gasteiger partial charge in [0.15, 0.2) is 0 Å². The molecule has 0 aliphatic carbocycles. The minimum Gasteiger partial charge on any atom is -0.385 e. The van der Waals surface area contributed by atoms with Crippen molar-refractivity contribution in [2.24, 2.45) is 5.92 Å².